The molecule has 3 nitrogen and oxygen atoms in total. The maximum atomic E-state index is 12.3. The van der Waals surface area contributed by atoms with Crippen LogP contribution < -0.4 is 5.32 Å². The van der Waals surface area contributed by atoms with Gasteiger partial charge >= 0.3 is 0 Å². The number of hydrogen-bond donors (Lipinski definition) is 1. The third kappa shape index (κ3) is 3.35. The van der Waals surface area contributed by atoms with Crippen LogP contribution in [0, 0.1) is 6.92 Å². The van der Waals surface area contributed by atoms with Gasteiger partial charge in [0, 0.05) is 11.9 Å². The van der Waals surface area contributed by atoms with Gasteiger partial charge in [0.25, 0.3) is 5.91 Å². The number of rotatable bonds is 4. The number of thioether (sulfide) groups is 1. The highest BCUT2D eigenvalue weighted by atomic mass is 32.2. The van der Waals surface area contributed by atoms with Crippen LogP contribution in [-0.2, 0) is 0 Å². The Bertz CT molecular complexity index is 584. The average Bonchev–Trinajstić information content (AvgIpc) is 2.42. The topological polar surface area (TPSA) is 42.0 Å². The Kier molecular flexibility index (Phi) is 4.58. The van der Waals surface area contributed by atoms with Gasteiger partial charge in [0.1, 0.15) is 5.03 Å². The van der Waals surface area contributed by atoms with E-state index in [1.54, 1.807) is 30.1 Å². The molecule has 4 heteroatoms. The molecule has 0 spiro atoms. The van der Waals surface area contributed by atoms with E-state index in [0.717, 1.165) is 22.0 Å². The van der Waals surface area contributed by atoms with Crippen molar-refractivity contribution in [3.63, 3.8) is 0 Å². The summed E-state index contributed by atoms with van der Waals surface area (Å²) in [6, 6.07) is 11.3. The Morgan fingerprint density at radius 1 is 1.26 bits per heavy atom. The lowest BCUT2D eigenvalue weighted by molar-refractivity contribution is 0.102. The van der Waals surface area contributed by atoms with Gasteiger partial charge in [-0.25, -0.2) is 4.98 Å². The number of carbonyl (C=O) groups is 1. The number of benzene rings is 1. The minimum absolute atomic E-state index is 0.113. The van der Waals surface area contributed by atoms with Gasteiger partial charge in [0.2, 0.25) is 0 Å². The Balaban J connectivity index is 2.23. The van der Waals surface area contributed by atoms with E-state index in [2.05, 4.69) is 10.3 Å². The summed E-state index contributed by atoms with van der Waals surface area (Å²) in [5.41, 5.74) is 2.51. The molecule has 98 valence electrons. The van der Waals surface area contributed by atoms with Crippen LogP contribution in [0.4, 0.5) is 5.69 Å². The maximum Gasteiger partial charge on any atom is 0.258 e. The first-order valence-corrected chi connectivity index (χ1v) is 7.15. The smallest absolute Gasteiger partial charge is 0.258 e. The van der Waals surface area contributed by atoms with Crippen LogP contribution in [0.3, 0.4) is 0 Å². The summed E-state index contributed by atoms with van der Waals surface area (Å²) in [5, 5.41) is 3.71. The van der Waals surface area contributed by atoms with Crippen LogP contribution in [0.5, 0.6) is 0 Å². The summed E-state index contributed by atoms with van der Waals surface area (Å²) < 4.78 is 0. The summed E-state index contributed by atoms with van der Waals surface area (Å²) in [7, 11) is 0. The largest absolute Gasteiger partial charge is 0.322 e. The van der Waals surface area contributed by atoms with Crippen molar-refractivity contribution in [2.24, 2.45) is 0 Å². The molecule has 2 aromatic rings. The van der Waals surface area contributed by atoms with Gasteiger partial charge < -0.3 is 5.32 Å². The molecule has 2 rings (SSSR count). The molecule has 1 amide bonds. The van der Waals surface area contributed by atoms with Crippen molar-refractivity contribution in [2.75, 3.05) is 11.1 Å². The van der Waals surface area contributed by atoms with Crippen LogP contribution in [0.25, 0.3) is 0 Å². The van der Waals surface area contributed by atoms with Crippen molar-refractivity contribution in [3.05, 3.63) is 53.7 Å². The second-order valence-corrected chi connectivity index (χ2v) is 5.31. The third-order valence-corrected chi connectivity index (χ3v) is 3.58. The Labute approximate surface area is 117 Å². The fourth-order valence-electron chi connectivity index (χ4n) is 1.72. The molecule has 0 fully saturated rings. The molecule has 19 heavy (non-hydrogen) atoms. The number of nitrogens with zero attached hydrogens (tertiary/aromatic N) is 1. The molecule has 1 aromatic carbocycles. The molecule has 0 aliphatic rings. The van der Waals surface area contributed by atoms with E-state index in [1.807, 2.05) is 38.1 Å². The van der Waals surface area contributed by atoms with Crippen LogP contribution in [0.1, 0.15) is 22.8 Å². The van der Waals surface area contributed by atoms with Gasteiger partial charge in [-0.05, 0) is 36.4 Å². The Morgan fingerprint density at radius 2 is 2.05 bits per heavy atom. The van der Waals surface area contributed by atoms with Crippen molar-refractivity contribution in [3.8, 4) is 0 Å². The average molecular weight is 272 g/mol. The van der Waals surface area contributed by atoms with Crippen molar-refractivity contribution in [1.29, 1.82) is 0 Å². The quantitative estimate of drug-likeness (QED) is 0.862. The maximum absolute atomic E-state index is 12.3. The number of nitrogens with one attached hydrogen (secondary N) is 1. The Hall–Kier alpha value is -1.81. The monoisotopic (exact) mass is 272 g/mol. The van der Waals surface area contributed by atoms with Crippen molar-refractivity contribution in [2.45, 2.75) is 18.9 Å². The first-order chi connectivity index (χ1) is 9.22. The summed E-state index contributed by atoms with van der Waals surface area (Å²) in [6.07, 6.45) is 1.71. The number of aromatic nitrogens is 1. The van der Waals surface area contributed by atoms with Gasteiger partial charge in [0.05, 0.1) is 5.56 Å². The van der Waals surface area contributed by atoms with Crippen molar-refractivity contribution < 1.29 is 4.79 Å². The number of carbonyl (C=O) groups excluding carboxylic acids is 1. The third-order valence-electron chi connectivity index (χ3n) is 2.69. The number of pyridine rings is 1. The number of aryl methyl sites for hydroxylation is 1. The van der Waals surface area contributed by atoms with Gasteiger partial charge in [-0.2, -0.15) is 0 Å². The normalized spacial score (nSPS) is 10.2. The van der Waals surface area contributed by atoms with Gasteiger partial charge in [-0.1, -0.05) is 25.1 Å². The van der Waals surface area contributed by atoms with Gasteiger partial charge in [-0.3, -0.25) is 4.79 Å². The molecule has 0 unspecified atom stereocenters. The molecule has 1 heterocycles. The first-order valence-electron chi connectivity index (χ1n) is 6.17. The lowest BCUT2D eigenvalue weighted by atomic mass is 10.2. The molecule has 0 aliphatic carbocycles. The summed E-state index contributed by atoms with van der Waals surface area (Å²) >= 11 is 1.57. The first kappa shape index (κ1) is 13.6. The lowest BCUT2D eigenvalue weighted by Gasteiger charge is -2.10. The van der Waals surface area contributed by atoms with Gasteiger partial charge in [-0.15, -0.1) is 11.8 Å². The molecule has 0 saturated heterocycles. The van der Waals surface area contributed by atoms with Crippen molar-refractivity contribution >= 4 is 23.4 Å². The molecule has 1 N–H and O–H groups in total. The van der Waals surface area contributed by atoms with E-state index in [4.69, 9.17) is 0 Å². The van der Waals surface area contributed by atoms with Crippen molar-refractivity contribution in [1.82, 2.24) is 4.98 Å². The molecule has 0 bridgehead atoms. The molecular formula is C15H16N2OS. The standard InChI is InChI=1S/C15H16N2OS/c1-3-19-15-12(8-6-10-16-15)14(18)17-13-9-5-4-7-11(13)2/h4-10H,3H2,1-2H3,(H,17,18). The van der Waals surface area contributed by atoms with E-state index in [1.165, 1.54) is 0 Å². The summed E-state index contributed by atoms with van der Waals surface area (Å²) in [4.78, 5) is 16.6. The number of para-hydroxylation sites is 1. The fourth-order valence-corrected chi connectivity index (χ4v) is 2.44. The highest BCUT2D eigenvalue weighted by Crippen LogP contribution is 2.21. The van der Waals surface area contributed by atoms with E-state index in [-0.39, 0.29) is 5.91 Å². The fraction of sp³-hybridized carbons (Fsp3) is 0.200. The predicted molar refractivity (Wildman–Crippen MR) is 79.8 cm³/mol. The Morgan fingerprint density at radius 3 is 2.79 bits per heavy atom. The van der Waals surface area contributed by atoms with Crippen LogP contribution in [0.15, 0.2) is 47.6 Å². The lowest BCUT2D eigenvalue weighted by Crippen LogP contribution is -2.14. The molecular weight excluding hydrogens is 256 g/mol. The van der Waals surface area contributed by atoms with Crippen LogP contribution in [0.2, 0.25) is 0 Å². The van der Waals surface area contributed by atoms with Crippen LogP contribution in [-0.4, -0.2) is 16.6 Å². The van der Waals surface area contributed by atoms with E-state index >= 15 is 0 Å². The SMILES string of the molecule is CCSc1ncccc1C(=O)Nc1ccccc1C. The van der Waals surface area contributed by atoms with E-state index in [9.17, 15) is 4.79 Å². The number of amides is 1. The summed E-state index contributed by atoms with van der Waals surface area (Å²) in [5.74, 6) is 0.778. The van der Waals surface area contributed by atoms with Gasteiger partial charge in [0.15, 0.2) is 0 Å². The minimum atomic E-state index is -0.113. The molecule has 1 aromatic heterocycles. The number of anilines is 1. The highest BCUT2D eigenvalue weighted by Gasteiger charge is 2.12. The van der Waals surface area contributed by atoms with E-state index in [0.29, 0.717) is 5.56 Å². The molecule has 0 atom stereocenters. The second-order valence-electron chi connectivity index (χ2n) is 4.06. The highest BCUT2D eigenvalue weighted by molar-refractivity contribution is 7.99. The predicted octanol–water partition coefficient (Wildman–Crippen LogP) is 3.75. The molecule has 0 aliphatic heterocycles. The zero-order chi connectivity index (χ0) is 13.7. The molecule has 0 radical (unpaired) electrons. The minimum Gasteiger partial charge on any atom is -0.322 e. The zero-order valence-electron chi connectivity index (χ0n) is 11.0. The number of hydrogen-bond acceptors (Lipinski definition) is 3. The van der Waals surface area contributed by atoms with E-state index < -0.39 is 0 Å². The van der Waals surface area contributed by atoms with Crippen LogP contribution >= 0.6 is 11.8 Å². The second kappa shape index (κ2) is 6.38. The zero-order valence-corrected chi connectivity index (χ0v) is 11.8. The molecule has 0 saturated carbocycles. The summed E-state index contributed by atoms with van der Waals surface area (Å²) in [6.45, 7) is 4.02.